The predicted octanol–water partition coefficient (Wildman–Crippen LogP) is 15.0. The van der Waals surface area contributed by atoms with E-state index >= 15 is 0 Å². The smallest absolute Gasteiger partial charge is 0.164 e. The van der Waals surface area contributed by atoms with Crippen molar-refractivity contribution < 1.29 is 0 Å². The summed E-state index contributed by atoms with van der Waals surface area (Å²) in [5, 5.41) is 2.47. The highest BCUT2D eigenvalue weighted by molar-refractivity contribution is 7.26. The number of fused-ring (bicyclic) bond motifs is 6. The molecule has 0 atom stereocenters. The third kappa shape index (κ3) is 6.50. The fourth-order valence-corrected chi connectivity index (χ4v) is 10.5. The first-order chi connectivity index (χ1) is 31.4. The number of nitrogens with zero attached hydrogens (tertiary/aromatic N) is 5. The highest BCUT2D eigenvalue weighted by Crippen LogP contribution is 2.51. The highest BCUT2D eigenvalue weighted by atomic mass is 32.1. The van der Waals surface area contributed by atoms with E-state index < -0.39 is 0 Å². The maximum Gasteiger partial charge on any atom is 0.164 e. The summed E-state index contributed by atoms with van der Waals surface area (Å²) < 4.78 is 2.46. The predicted molar refractivity (Wildman–Crippen MR) is 264 cm³/mol. The first-order valence-electron chi connectivity index (χ1n) is 21.6. The molecule has 0 radical (unpaired) electrons. The largest absolute Gasteiger partial charge is 0.228 e. The number of aromatic nitrogens is 5. The van der Waals surface area contributed by atoms with Crippen LogP contribution in [0.25, 0.3) is 110 Å². The molecule has 0 amide bonds. The summed E-state index contributed by atoms with van der Waals surface area (Å²) in [7, 11) is 0. The van der Waals surface area contributed by atoms with Crippen LogP contribution < -0.4 is 0 Å². The quantitative estimate of drug-likeness (QED) is 0.160. The Balaban J connectivity index is 0.919. The van der Waals surface area contributed by atoms with Crippen LogP contribution in [0, 0.1) is 0 Å². The maximum atomic E-state index is 5.16. The minimum atomic E-state index is -0.249. The lowest BCUT2D eigenvalue weighted by Gasteiger charge is -2.22. The minimum Gasteiger partial charge on any atom is -0.228 e. The number of thiophene rings is 1. The zero-order valence-electron chi connectivity index (χ0n) is 35.2. The second-order valence-corrected chi connectivity index (χ2v) is 17.9. The summed E-state index contributed by atoms with van der Waals surface area (Å²) in [6.45, 7) is 4.69. The van der Waals surface area contributed by atoms with Gasteiger partial charge in [0.05, 0.1) is 11.4 Å². The monoisotopic (exact) mass is 837 g/mol. The standard InChI is InChI=1S/C58H39N5S/c1-58(2)48-32-40(26-29-44(48)45-30-27-41(33-49(45)58)56-59-50(36-16-7-3-8-17-36)35-51(60-56)37-18-9-4-10-19-37)43-24-15-25-47-46-31-28-42(34-52(46)64-53(43)47)57-62-54(38-20-11-5-12-21-38)61-55(63-57)39-22-13-6-14-23-39/h3-35H,1-2H3. The summed E-state index contributed by atoms with van der Waals surface area (Å²) >= 11 is 1.83. The van der Waals surface area contributed by atoms with Crippen LogP contribution in [0.2, 0.25) is 0 Å². The van der Waals surface area contributed by atoms with E-state index in [0.717, 1.165) is 50.6 Å². The molecule has 0 unspecified atom stereocenters. The van der Waals surface area contributed by atoms with Crippen molar-refractivity contribution in [2.45, 2.75) is 19.3 Å². The zero-order valence-corrected chi connectivity index (χ0v) is 36.0. The van der Waals surface area contributed by atoms with Gasteiger partial charge in [0.2, 0.25) is 0 Å². The second-order valence-electron chi connectivity index (χ2n) is 16.9. The van der Waals surface area contributed by atoms with Gasteiger partial charge in [-0.2, -0.15) is 0 Å². The van der Waals surface area contributed by atoms with Crippen molar-refractivity contribution in [1.82, 2.24) is 24.9 Å². The summed E-state index contributed by atoms with van der Waals surface area (Å²) in [4.78, 5) is 25.3. The summed E-state index contributed by atoms with van der Waals surface area (Å²) in [6.07, 6.45) is 0. The van der Waals surface area contributed by atoms with E-state index in [4.69, 9.17) is 24.9 Å². The van der Waals surface area contributed by atoms with Gasteiger partial charge in [-0.15, -0.1) is 11.3 Å². The number of hydrogen-bond donors (Lipinski definition) is 0. The number of benzene rings is 8. The van der Waals surface area contributed by atoms with E-state index in [1.807, 2.05) is 84.1 Å². The van der Waals surface area contributed by atoms with Gasteiger partial charge in [0.1, 0.15) is 0 Å². The van der Waals surface area contributed by atoms with E-state index in [1.54, 1.807) is 0 Å². The normalized spacial score (nSPS) is 12.7. The Morgan fingerprint density at radius 2 is 0.781 bits per heavy atom. The molecule has 0 N–H and O–H groups in total. The van der Waals surface area contributed by atoms with Crippen LogP contribution in [0.4, 0.5) is 0 Å². The van der Waals surface area contributed by atoms with Crippen LogP contribution in [0.3, 0.4) is 0 Å². The maximum absolute atomic E-state index is 5.16. The summed E-state index contributed by atoms with van der Waals surface area (Å²) in [6, 6.07) is 70.2. The zero-order chi connectivity index (χ0) is 42.8. The fourth-order valence-electron chi connectivity index (χ4n) is 9.24. The van der Waals surface area contributed by atoms with Crippen LogP contribution in [0.1, 0.15) is 25.0 Å². The highest BCUT2D eigenvalue weighted by Gasteiger charge is 2.36. The van der Waals surface area contributed by atoms with Crippen LogP contribution in [-0.2, 0) is 5.41 Å². The lowest BCUT2D eigenvalue weighted by atomic mass is 9.81. The van der Waals surface area contributed by atoms with E-state index in [2.05, 4.69) is 141 Å². The van der Waals surface area contributed by atoms with Gasteiger partial charge in [0.15, 0.2) is 23.3 Å². The Bertz CT molecular complexity index is 3450. The van der Waals surface area contributed by atoms with Crippen molar-refractivity contribution >= 4 is 31.5 Å². The van der Waals surface area contributed by atoms with Gasteiger partial charge in [-0.25, -0.2) is 24.9 Å². The van der Waals surface area contributed by atoms with Gasteiger partial charge in [0, 0.05) is 59.0 Å². The summed E-state index contributed by atoms with van der Waals surface area (Å²) in [5.41, 5.74) is 15.1. The molecular weight excluding hydrogens is 799 g/mol. The Hall–Kier alpha value is -7.93. The van der Waals surface area contributed by atoms with E-state index in [9.17, 15) is 0 Å². The first kappa shape index (κ1) is 37.8. The molecule has 1 aliphatic rings. The van der Waals surface area contributed by atoms with Gasteiger partial charge in [-0.3, -0.25) is 0 Å². The molecular formula is C58H39N5S. The number of hydrogen-bond acceptors (Lipinski definition) is 6. The third-order valence-electron chi connectivity index (χ3n) is 12.6. The molecule has 0 bridgehead atoms. The van der Waals surface area contributed by atoms with E-state index in [0.29, 0.717) is 17.5 Å². The van der Waals surface area contributed by atoms with Gasteiger partial charge in [-0.1, -0.05) is 190 Å². The SMILES string of the molecule is CC1(C)c2cc(-c3nc(-c4ccccc4)cc(-c4ccccc4)n3)ccc2-c2ccc(-c3cccc4c3sc3cc(-c5nc(-c6ccccc6)nc(-c6ccccc6)n5)ccc34)cc21. The molecule has 0 spiro atoms. The van der Waals surface area contributed by atoms with Crippen LogP contribution in [-0.4, -0.2) is 24.9 Å². The van der Waals surface area contributed by atoms with Crippen LogP contribution in [0.15, 0.2) is 200 Å². The molecule has 1 aliphatic carbocycles. The van der Waals surface area contributed by atoms with Gasteiger partial charge in [0.25, 0.3) is 0 Å². The Kier molecular flexibility index (Phi) is 8.95. The number of rotatable bonds is 7. The fraction of sp³-hybridized carbons (Fsp3) is 0.0517. The molecule has 302 valence electrons. The third-order valence-corrected chi connectivity index (χ3v) is 13.8. The molecule has 0 saturated carbocycles. The average molecular weight is 838 g/mol. The molecule has 8 aromatic carbocycles. The van der Waals surface area contributed by atoms with E-state index in [-0.39, 0.29) is 5.41 Å². The van der Waals surface area contributed by atoms with Crippen LogP contribution in [0.5, 0.6) is 0 Å². The molecule has 3 aromatic heterocycles. The van der Waals surface area contributed by atoms with Crippen molar-refractivity contribution in [1.29, 1.82) is 0 Å². The molecule has 0 aliphatic heterocycles. The Morgan fingerprint density at radius 3 is 1.34 bits per heavy atom. The molecule has 6 heteroatoms. The first-order valence-corrected chi connectivity index (χ1v) is 22.4. The Labute approximate surface area is 375 Å². The second kappa shape index (κ2) is 15.2. The molecule has 12 rings (SSSR count). The topological polar surface area (TPSA) is 64.5 Å². The Morgan fingerprint density at radius 1 is 0.328 bits per heavy atom. The molecule has 11 aromatic rings. The van der Waals surface area contributed by atoms with Crippen molar-refractivity contribution in [2.75, 3.05) is 0 Å². The van der Waals surface area contributed by atoms with Crippen molar-refractivity contribution in [3.63, 3.8) is 0 Å². The molecule has 64 heavy (non-hydrogen) atoms. The van der Waals surface area contributed by atoms with E-state index in [1.165, 1.54) is 53.6 Å². The van der Waals surface area contributed by atoms with Crippen molar-refractivity contribution in [2.24, 2.45) is 0 Å². The van der Waals surface area contributed by atoms with Gasteiger partial charge in [-0.05, 0) is 57.6 Å². The lowest BCUT2D eigenvalue weighted by molar-refractivity contribution is 0.661. The molecule has 0 saturated heterocycles. The molecule has 5 nitrogen and oxygen atoms in total. The molecule has 3 heterocycles. The summed E-state index contributed by atoms with van der Waals surface area (Å²) in [5.74, 6) is 2.69. The lowest BCUT2D eigenvalue weighted by Crippen LogP contribution is -2.15. The van der Waals surface area contributed by atoms with Gasteiger partial charge < -0.3 is 0 Å². The van der Waals surface area contributed by atoms with Gasteiger partial charge >= 0.3 is 0 Å². The molecule has 0 fully saturated rings. The van der Waals surface area contributed by atoms with Crippen molar-refractivity contribution in [3.8, 4) is 90.3 Å². The minimum absolute atomic E-state index is 0.249. The van der Waals surface area contributed by atoms with Crippen molar-refractivity contribution in [3.05, 3.63) is 211 Å². The van der Waals surface area contributed by atoms with Crippen LogP contribution >= 0.6 is 11.3 Å². The average Bonchev–Trinajstić information content (AvgIpc) is 3.85.